The fraction of sp³-hybridized carbons (Fsp3) is 0.300. The van der Waals surface area contributed by atoms with Crippen LogP contribution in [0.4, 0.5) is 0 Å². The predicted molar refractivity (Wildman–Crippen MR) is 96.7 cm³/mol. The first kappa shape index (κ1) is 16.1. The van der Waals surface area contributed by atoms with Crippen LogP contribution in [0.1, 0.15) is 17.5 Å². The summed E-state index contributed by atoms with van der Waals surface area (Å²) in [7, 11) is 1.42. The molecule has 3 heterocycles. The van der Waals surface area contributed by atoms with Crippen LogP contribution in [-0.4, -0.2) is 29.9 Å². The van der Waals surface area contributed by atoms with Crippen molar-refractivity contribution in [1.82, 2.24) is 4.90 Å². The summed E-state index contributed by atoms with van der Waals surface area (Å²) in [5, 5.41) is 4.10. The maximum absolute atomic E-state index is 12.9. The van der Waals surface area contributed by atoms with Crippen LogP contribution in [0.3, 0.4) is 0 Å². The molecule has 2 aliphatic heterocycles. The highest BCUT2D eigenvalue weighted by molar-refractivity contribution is 7.08. The molecule has 4 nitrogen and oxygen atoms in total. The number of methoxy groups -OCH3 is 1. The van der Waals surface area contributed by atoms with Gasteiger partial charge in [-0.05, 0) is 39.9 Å². The molecule has 3 atom stereocenters. The summed E-state index contributed by atoms with van der Waals surface area (Å²) in [4.78, 5) is 27.1. The minimum Gasteiger partial charge on any atom is -0.469 e. The van der Waals surface area contributed by atoms with Crippen molar-refractivity contribution < 1.29 is 14.3 Å². The maximum atomic E-state index is 12.9. The van der Waals surface area contributed by atoms with E-state index in [1.54, 1.807) is 11.3 Å². The molecule has 1 aromatic heterocycles. The average molecular weight is 353 g/mol. The Morgan fingerprint density at radius 3 is 2.76 bits per heavy atom. The Bertz CT molecular complexity index is 813. The molecule has 5 rings (SSSR count). The van der Waals surface area contributed by atoms with Gasteiger partial charge < -0.3 is 9.64 Å². The van der Waals surface area contributed by atoms with Crippen LogP contribution in [0.15, 0.2) is 53.2 Å². The molecule has 25 heavy (non-hydrogen) atoms. The van der Waals surface area contributed by atoms with Gasteiger partial charge in [0.2, 0.25) is 5.91 Å². The predicted octanol–water partition coefficient (Wildman–Crippen LogP) is 3.35. The van der Waals surface area contributed by atoms with Gasteiger partial charge in [-0.25, -0.2) is 0 Å². The van der Waals surface area contributed by atoms with Crippen molar-refractivity contribution in [3.63, 3.8) is 0 Å². The van der Waals surface area contributed by atoms with Gasteiger partial charge in [0.15, 0.2) is 0 Å². The van der Waals surface area contributed by atoms with Crippen molar-refractivity contribution in [3.05, 3.63) is 64.4 Å². The number of carbonyl (C=O) groups is 2. The lowest BCUT2D eigenvalue weighted by Crippen LogP contribution is -2.57. The van der Waals surface area contributed by atoms with Crippen LogP contribution in [0.25, 0.3) is 5.57 Å². The van der Waals surface area contributed by atoms with E-state index >= 15 is 0 Å². The van der Waals surface area contributed by atoms with Gasteiger partial charge >= 0.3 is 5.97 Å². The van der Waals surface area contributed by atoms with Gasteiger partial charge in [-0.15, -0.1) is 0 Å². The van der Waals surface area contributed by atoms with E-state index in [0.717, 1.165) is 16.7 Å². The van der Waals surface area contributed by atoms with Crippen molar-refractivity contribution in [2.24, 2.45) is 11.8 Å². The van der Waals surface area contributed by atoms with E-state index in [9.17, 15) is 9.59 Å². The van der Waals surface area contributed by atoms with Crippen molar-refractivity contribution in [1.29, 1.82) is 0 Å². The van der Waals surface area contributed by atoms with Crippen molar-refractivity contribution in [2.75, 3.05) is 7.11 Å². The second-order valence-corrected chi connectivity index (χ2v) is 7.28. The molecule has 0 N–H and O–H groups in total. The summed E-state index contributed by atoms with van der Waals surface area (Å²) in [6.45, 7) is 0.510. The zero-order valence-corrected chi connectivity index (χ0v) is 14.7. The Hall–Kier alpha value is -2.40. The van der Waals surface area contributed by atoms with E-state index in [4.69, 9.17) is 4.74 Å². The number of hydrogen-bond donors (Lipinski definition) is 0. The highest BCUT2D eigenvalue weighted by atomic mass is 32.1. The summed E-state index contributed by atoms with van der Waals surface area (Å²) >= 11 is 1.62. The standard InChI is InChI=1S/C20H19NO3S/c1-24-20(23)17-10-15-9-16(14-7-8-25-12-14)18(17)21(19(15)22)11-13-5-3-2-4-6-13/h2-9,12,15,17-18H,10-11H2,1H3/t15-,17-,18+/m0/s1. The molecule has 0 spiro atoms. The number of hydrogen-bond acceptors (Lipinski definition) is 4. The fourth-order valence-electron chi connectivity index (χ4n) is 3.94. The van der Waals surface area contributed by atoms with E-state index in [-0.39, 0.29) is 29.8 Å². The first-order chi connectivity index (χ1) is 12.2. The number of thiophene rings is 1. The molecule has 2 bridgehead atoms. The summed E-state index contributed by atoms with van der Waals surface area (Å²) in [6.07, 6.45) is 2.59. The molecule has 5 heteroatoms. The van der Waals surface area contributed by atoms with E-state index in [2.05, 4.69) is 17.5 Å². The Labute approximate surface area is 150 Å². The molecule has 0 radical (unpaired) electrons. The van der Waals surface area contributed by atoms with Crippen LogP contribution in [-0.2, 0) is 20.9 Å². The van der Waals surface area contributed by atoms with Crippen LogP contribution in [0.2, 0.25) is 0 Å². The summed E-state index contributed by atoms with van der Waals surface area (Å²) in [5.74, 6) is -0.696. The number of carbonyl (C=O) groups excluding carboxylic acids is 2. The zero-order valence-electron chi connectivity index (χ0n) is 13.9. The SMILES string of the molecule is COC(=O)[C@H]1C[C@@H]2C=C(c3ccsc3)[C@H]1N(Cc1ccccc1)C2=O. The van der Waals surface area contributed by atoms with Crippen molar-refractivity contribution in [3.8, 4) is 0 Å². The van der Waals surface area contributed by atoms with Gasteiger partial charge in [0.25, 0.3) is 0 Å². The summed E-state index contributed by atoms with van der Waals surface area (Å²) in [5.41, 5.74) is 3.24. The largest absolute Gasteiger partial charge is 0.469 e. The minimum absolute atomic E-state index is 0.105. The first-order valence-corrected chi connectivity index (χ1v) is 9.30. The van der Waals surface area contributed by atoms with E-state index in [1.807, 2.05) is 40.6 Å². The normalized spacial score (nSPS) is 25.0. The molecule has 1 aliphatic carbocycles. The number of ether oxygens (including phenoxy) is 1. The van der Waals surface area contributed by atoms with E-state index in [0.29, 0.717) is 13.0 Å². The zero-order chi connectivity index (χ0) is 17.4. The number of nitrogens with zero attached hydrogens (tertiary/aromatic N) is 1. The van der Waals surface area contributed by atoms with Crippen LogP contribution < -0.4 is 0 Å². The number of esters is 1. The quantitative estimate of drug-likeness (QED) is 0.792. The minimum atomic E-state index is -0.309. The lowest BCUT2D eigenvalue weighted by atomic mass is 9.71. The molecular weight excluding hydrogens is 334 g/mol. The van der Waals surface area contributed by atoms with Crippen LogP contribution >= 0.6 is 11.3 Å². The second kappa shape index (κ2) is 6.48. The number of benzene rings is 1. The average Bonchev–Trinajstić information content (AvgIpc) is 3.19. The molecular formula is C20H19NO3S. The number of rotatable bonds is 4. The monoisotopic (exact) mass is 353 g/mol. The lowest BCUT2D eigenvalue weighted by Gasteiger charge is -2.47. The molecule has 0 saturated carbocycles. The number of fused-ring (bicyclic) bond motifs is 2. The molecule has 1 amide bonds. The van der Waals surface area contributed by atoms with Crippen LogP contribution in [0, 0.1) is 11.8 Å². The molecule has 1 saturated heterocycles. The number of amides is 1. The van der Waals surface area contributed by atoms with Crippen molar-refractivity contribution in [2.45, 2.75) is 19.0 Å². The van der Waals surface area contributed by atoms with Gasteiger partial charge in [-0.2, -0.15) is 11.3 Å². The molecule has 1 fully saturated rings. The van der Waals surface area contributed by atoms with E-state index in [1.165, 1.54) is 7.11 Å². The highest BCUT2D eigenvalue weighted by Gasteiger charge is 2.50. The van der Waals surface area contributed by atoms with Crippen LogP contribution in [0.5, 0.6) is 0 Å². The Kier molecular flexibility index (Phi) is 4.17. The van der Waals surface area contributed by atoms with Gasteiger partial charge in [-0.1, -0.05) is 36.4 Å². The topological polar surface area (TPSA) is 46.6 Å². The summed E-state index contributed by atoms with van der Waals surface area (Å²) in [6, 6.07) is 11.7. The third-order valence-corrected chi connectivity index (χ3v) is 5.76. The first-order valence-electron chi connectivity index (χ1n) is 8.35. The van der Waals surface area contributed by atoms with Crippen molar-refractivity contribution >= 4 is 28.8 Å². The Morgan fingerprint density at radius 2 is 2.08 bits per heavy atom. The molecule has 128 valence electrons. The highest BCUT2D eigenvalue weighted by Crippen LogP contribution is 2.44. The van der Waals surface area contributed by atoms with Gasteiger partial charge in [0, 0.05) is 6.54 Å². The van der Waals surface area contributed by atoms with E-state index < -0.39 is 0 Å². The Balaban J connectivity index is 1.75. The molecule has 2 aromatic rings. The lowest BCUT2D eigenvalue weighted by molar-refractivity contribution is -0.155. The van der Waals surface area contributed by atoms with Gasteiger partial charge in [-0.3, -0.25) is 9.59 Å². The summed E-state index contributed by atoms with van der Waals surface area (Å²) < 4.78 is 5.04. The smallest absolute Gasteiger partial charge is 0.311 e. The second-order valence-electron chi connectivity index (χ2n) is 6.50. The van der Waals surface area contributed by atoms with Gasteiger partial charge in [0.1, 0.15) is 0 Å². The fourth-order valence-corrected chi connectivity index (χ4v) is 4.60. The third kappa shape index (κ3) is 2.78. The molecule has 1 aromatic carbocycles. The molecule has 3 aliphatic rings. The maximum Gasteiger partial charge on any atom is 0.311 e. The third-order valence-electron chi connectivity index (χ3n) is 5.08. The Morgan fingerprint density at radius 1 is 1.28 bits per heavy atom. The molecule has 0 unspecified atom stereocenters. The number of piperidine rings is 1. The van der Waals surface area contributed by atoms with Gasteiger partial charge in [0.05, 0.1) is 25.0 Å².